The maximum atomic E-state index is 12.2. The van der Waals surface area contributed by atoms with Crippen LogP contribution in [0.4, 0.5) is 18.9 Å². The minimum atomic E-state index is -4.77. The van der Waals surface area contributed by atoms with E-state index in [2.05, 4.69) is 0 Å². The molecule has 0 saturated heterocycles. The molecule has 0 radical (unpaired) electrons. The Kier molecular flexibility index (Phi) is 4.55. The third-order valence-corrected chi connectivity index (χ3v) is 2.22. The van der Waals surface area contributed by atoms with Crippen LogP contribution >= 0.6 is 0 Å². The number of aliphatic carboxylic acids is 1. The van der Waals surface area contributed by atoms with Crippen LogP contribution in [0.3, 0.4) is 0 Å². The smallest absolute Gasteiger partial charge is 0.416 e. The molecular weight excluding hydrogens is 251 g/mol. The summed E-state index contributed by atoms with van der Waals surface area (Å²) in [5.74, 6) is -1.27. The lowest BCUT2D eigenvalue weighted by atomic mass is 10.2. The summed E-state index contributed by atoms with van der Waals surface area (Å²) in [4.78, 5) is 11.6. The molecule has 0 aromatic heterocycles. The van der Waals surface area contributed by atoms with Crippen molar-refractivity contribution in [2.45, 2.75) is 12.3 Å². The number of halogens is 3. The van der Waals surface area contributed by atoms with Gasteiger partial charge in [-0.25, -0.2) is 0 Å². The standard InChI is InChI=1S/C11H12F3NO3/c12-11(13,14)9(16)6-15(7-10(17)18)8-4-2-1-3-5-8/h1-5,9,16H,6-7H2,(H,17,18). The van der Waals surface area contributed by atoms with Gasteiger partial charge in [0.25, 0.3) is 0 Å². The molecule has 0 bridgehead atoms. The number of hydrogen-bond acceptors (Lipinski definition) is 3. The highest BCUT2D eigenvalue weighted by molar-refractivity contribution is 5.73. The zero-order valence-electron chi connectivity index (χ0n) is 9.26. The van der Waals surface area contributed by atoms with Crippen molar-refractivity contribution in [1.82, 2.24) is 0 Å². The van der Waals surface area contributed by atoms with Crippen LogP contribution in [0, 0.1) is 0 Å². The van der Waals surface area contributed by atoms with Gasteiger partial charge in [-0.05, 0) is 12.1 Å². The van der Waals surface area contributed by atoms with E-state index in [9.17, 15) is 18.0 Å². The fourth-order valence-corrected chi connectivity index (χ4v) is 1.38. The van der Waals surface area contributed by atoms with Crippen molar-refractivity contribution in [3.8, 4) is 0 Å². The summed E-state index contributed by atoms with van der Waals surface area (Å²) >= 11 is 0. The van der Waals surface area contributed by atoms with Gasteiger partial charge < -0.3 is 15.1 Å². The van der Waals surface area contributed by atoms with E-state index < -0.39 is 31.3 Å². The molecular formula is C11H12F3NO3. The van der Waals surface area contributed by atoms with Crippen molar-refractivity contribution in [2.75, 3.05) is 18.0 Å². The van der Waals surface area contributed by atoms with Gasteiger partial charge in [0.15, 0.2) is 6.10 Å². The van der Waals surface area contributed by atoms with E-state index in [1.807, 2.05) is 0 Å². The van der Waals surface area contributed by atoms with Crippen LogP contribution in [0.15, 0.2) is 30.3 Å². The predicted octanol–water partition coefficient (Wildman–Crippen LogP) is 1.50. The van der Waals surface area contributed by atoms with Crippen molar-refractivity contribution < 1.29 is 28.2 Å². The molecule has 1 aromatic carbocycles. The number of nitrogens with zero attached hydrogens (tertiary/aromatic N) is 1. The van der Waals surface area contributed by atoms with Crippen LogP contribution in [0.5, 0.6) is 0 Å². The number of rotatable bonds is 5. The van der Waals surface area contributed by atoms with Gasteiger partial charge in [-0.1, -0.05) is 18.2 Å². The van der Waals surface area contributed by atoms with Gasteiger partial charge in [0, 0.05) is 5.69 Å². The Balaban J connectivity index is 2.83. The molecule has 0 heterocycles. The SMILES string of the molecule is O=C(O)CN(CC(O)C(F)(F)F)c1ccccc1. The first-order valence-corrected chi connectivity index (χ1v) is 5.07. The number of carboxylic acid groups (broad SMARTS) is 1. The first-order valence-electron chi connectivity index (χ1n) is 5.07. The molecule has 0 fully saturated rings. The summed E-state index contributed by atoms with van der Waals surface area (Å²) in [6.07, 6.45) is -7.36. The lowest BCUT2D eigenvalue weighted by molar-refractivity contribution is -0.200. The lowest BCUT2D eigenvalue weighted by Crippen LogP contribution is -2.43. The Morgan fingerprint density at radius 2 is 1.83 bits per heavy atom. The molecule has 1 unspecified atom stereocenters. The van der Waals surface area contributed by atoms with Gasteiger partial charge in [-0.3, -0.25) is 4.79 Å². The fraction of sp³-hybridized carbons (Fsp3) is 0.364. The molecule has 0 spiro atoms. The van der Waals surface area contributed by atoms with Crippen molar-refractivity contribution in [3.05, 3.63) is 30.3 Å². The summed E-state index contributed by atoms with van der Waals surface area (Å²) in [7, 11) is 0. The molecule has 0 saturated carbocycles. The van der Waals surface area contributed by atoms with E-state index in [1.165, 1.54) is 12.1 Å². The van der Waals surface area contributed by atoms with Crippen molar-refractivity contribution in [1.29, 1.82) is 0 Å². The molecule has 4 nitrogen and oxygen atoms in total. The molecule has 0 aliphatic carbocycles. The van der Waals surface area contributed by atoms with Gasteiger partial charge in [0.2, 0.25) is 0 Å². The Morgan fingerprint density at radius 1 is 1.28 bits per heavy atom. The van der Waals surface area contributed by atoms with Crippen LogP contribution < -0.4 is 4.90 Å². The highest BCUT2D eigenvalue weighted by Crippen LogP contribution is 2.22. The topological polar surface area (TPSA) is 60.8 Å². The lowest BCUT2D eigenvalue weighted by Gasteiger charge is -2.26. The molecule has 1 aromatic rings. The van der Waals surface area contributed by atoms with E-state index in [4.69, 9.17) is 10.2 Å². The second kappa shape index (κ2) is 5.72. The third kappa shape index (κ3) is 4.25. The van der Waals surface area contributed by atoms with E-state index >= 15 is 0 Å². The Hall–Kier alpha value is -1.76. The highest BCUT2D eigenvalue weighted by atomic mass is 19.4. The molecule has 2 N–H and O–H groups in total. The average Bonchev–Trinajstić information content (AvgIpc) is 2.27. The average molecular weight is 263 g/mol. The van der Waals surface area contributed by atoms with Crippen molar-refractivity contribution >= 4 is 11.7 Å². The van der Waals surface area contributed by atoms with Crippen LogP contribution in [-0.4, -0.2) is 41.6 Å². The van der Waals surface area contributed by atoms with E-state index in [0.717, 1.165) is 4.90 Å². The summed E-state index contributed by atoms with van der Waals surface area (Å²) in [5, 5.41) is 17.6. The second-order valence-corrected chi connectivity index (χ2v) is 3.67. The fourth-order valence-electron chi connectivity index (χ4n) is 1.38. The normalized spacial score (nSPS) is 13.1. The maximum Gasteiger partial charge on any atom is 0.416 e. The molecule has 18 heavy (non-hydrogen) atoms. The molecule has 1 atom stereocenters. The Bertz CT molecular complexity index is 394. The van der Waals surface area contributed by atoms with E-state index in [0.29, 0.717) is 5.69 Å². The minimum absolute atomic E-state index is 0.309. The monoisotopic (exact) mass is 263 g/mol. The van der Waals surface area contributed by atoms with Crippen molar-refractivity contribution in [3.63, 3.8) is 0 Å². The number of aliphatic hydroxyl groups excluding tert-OH is 1. The number of carboxylic acids is 1. The number of benzene rings is 1. The number of hydrogen-bond donors (Lipinski definition) is 2. The quantitative estimate of drug-likeness (QED) is 0.845. The van der Waals surface area contributed by atoms with E-state index in [-0.39, 0.29) is 0 Å². The Morgan fingerprint density at radius 3 is 2.28 bits per heavy atom. The van der Waals surface area contributed by atoms with Crippen LogP contribution in [0.2, 0.25) is 0 Å². The maximum absolute atomic E-state index is 12.2. The molecule has 100 valence electrons. The zero-order chi connectivity index (χ0) is 13.8. The molecule has 0 aliphatic rings. The first-order chi connectivity index (χ1) is 8.30. The molecule has 7 heteroatoms. The van der Waals surface area contributed by atoms with Gasteiger partial charge >= 0.3 is 12.1 Å². The van der Waals surface area contributed by atoms with Crippen LogP contribution in [0.25, 0.3) is 0 Å². The third-order valence-electron chi connectivity index (χ3n) is 2.22. The van der Waals surface area contributed by atoms with Crippen LogP contribution in [0.1, 0.15) is 0 Å². The molecule has 1 rings (SSSR count). The number of alkyl halides is 3. The highest BCUT2D eigenvalue weighted by Gasteiger charge is 2.39. The predicted molar refractivity (Wildman–Crippen MR) is 58.4 cm³/mol. The largest absolute Gasteiger partial charge is 0.480 e. The number of carbonyl (C=O) groups is 1. The van der Waals surface area contributed by atoms with Crippen LogP contribution in [-0.2, 0) is 4.79 Å². The molecule has 0 amide bonds. The number of para-hydroxylation sites is 1. The number of anilines is 1. The summed E-state index contributed by atoms with van der Waals surface area (Å²) in [6.45, 7) is -1.43. The van der Waals surface area contributed by atoms with E-state index in [1.54, 1.807) is 18.2 Å². The van der Waals surface area contributed by atoms with Gasteiger partial charge in [0.1, 0.15) is 6.54 Å². The summed E-state index contributed by atoms with van der Waals surface area (Å²) in [6, 6.07) is 7.76. The van der Waals surface area contributed by atoms with Gasteiger partial charge in [0.05, 0.1) is 6.54 Å². The Labute approximate surface area is 101 Å². The summed E-state index contributed by atoms with van der Waals surface area (Å²) in [5.41, 5.74) is 0.309. The number of aliphatic hydroxyl groups is 1. The zero-order valence-corrected chi connectivity index (χ0v) is 9.26. The summed E-state index contributed by atoms with van der Waals surface area (Å²) < 4.78 is 36.7. The van der Waals surface area contributed by atoms with Crippen molar-refractivity contribution in [2.24, 2.45) is 0 Å². The van der Waals surface area contributed by atoms with Gasteiger partial charge in [-0.2, -0.15) is 13.2 Å². The van der Waals surface area contributed by atoms with Gasteiger partial charge in [-0.15, -0.1) is 0 Å². The minimum Gasteiger partial charge on any atom is -0.480 e. The molecule has 0 aliphatic heterocycles. The first kappa shape index (κ1) is 14.3. The second-order valence-electron chi connectivity index (χ2n) is 3.67.